The van der Waals surface area contributed by atoms with Crippen molar-refractivity contribution in [1.29, 1.82) is 0 Å². The van der Waals surface area contributed by atoms with Gasteiger partial charge in [-0.05, 0) is 31.4 Å². The molecule has 2 fully saturated rings. The van der Waals surface area contributed by atoms with Crippen LogP contribution < -0.4 is 5.73 Å². The molecule has 0 unspecified atom stereocenters. The second-order valence-electron chi connectivity index (χ2n) is 6.13. The summed E-state index contributed by atoms with van der Waals surface area (Å²) in [5.41, 5.74) is 5.95. The van der Waals surface area contributed by atoms with Crippen molar-refractivity contribution in [2.24, 2.45) is 5.73 Å². The number of piperazine rings is 1. The van der Waals surface area contributed by atoms with Crippen LogP contribution in [-0.2, 0) is 11.3 Å². The first-order valence-corrected chi connectivity index (χ1v) is 7.46. The summed E-state index contributed by atoms with van der Waals surface area (Å²) in [7, 11) is 0. The highest BCUT2D eigenvalue weighted by Crippen LogP contribution is 2.32. The van der Waals surface area contributed by atoms with Gasteiger partial charge in [-0.25, -0.2) is 0 Å². The summed E-state index contributed by atoms with van der Waals surface area (Å²) in [5.74, 6) is 1.21. The smallest absolute Gasteiger partial charge is 0.224 e. The van der Waals surface area contributed by atoms with Gasteiger partial charge in [0.15, 0.2) is 0 Å². The van der Waals surface area contributed by atoms with Crippen molar-refractivity contribution in [2.75, 3.05) is 26.2 Å². The van der Waals surface area contributed by atoms with Crippen molar-refractivity contribution < 1.29 is 9.21 Å². The molecule has 1 aliphatic carbocycles. The molecule has 1 aliphatic heterocycles. The largest absolute Gasteiger partial charge is 0.468 e. The highest BCUT2D eigenvalue weighted by Gasteiger charge is 2.36. The topological polar surface area (TPSA) is 62.7 Å². The van der Waals surface area contributed by atoms with Crippen molar-refractivity contribution in [3.63, 3.8) is 0 Å². The van der Waals surface area contributed by atoms with Gasteiger partial charge in [0, 0.05) is 38.1 Å². The number of carbonyl (C=O) groups is 1. The van der Waals surface area contributed by atoms with Crippen LogP contribution in [0.5, 0.6) is 0 Å². The van der Waals surface area contributed by atoms with E-state index in [0.29, 0.717) is 6.42 Å². The van der Waals surface area contributed by atoms with Crippen molar-refractivity contribution in [3.8, 4) is 0 Å². The Bertz CT molecular complexity index is 446. The van der Waals surface area contributed by atoms with Gasteiger partial charge in [0.25, 0.3) is 0 Å². The minimum atomic E-state index is -0.206. The number of carbonyl (C=O) groups excluding carboxylic acids is 1. The summed E-state index contributed by atoms with van der Waals surface area (Å²) in [5, 5.41) is 0. The van der Waals surface area contributed by atoms with Gasteiger partial charge in [-0.2, -0.15) is 0 Å². The molecule has 1 saturated heterocycles. The van der Waals surface area contributed by atoms with Gasteiger partial charge >= 0.3 is 0 Å². The van der Waals surface area contributed by atoms with E-state index in [0.717, 1.165) is 51.3 Å². The van der Waals surface area contributed by atoms with Gasteiger partial charge in [-0.1, -0.05) is 0 Å². The number of amides is 1. The molecule has 0 aromatic carbocycles. The molecular weight excluding hydrogens is 254 g/mol. The lowest BCUT2D eigenvalue weighted by Crippen LogP contribution is -2.54. The SMILES string of the molecule is NC1(CC(=O)N2CCN(Cc3ccco3)CC2)CCC1. The average Bonchev–Trinajstić information content (AvgIpc) is 2.90. The van der Waals surface area contributed by atoms with Crippen LogP contribution in [0.15, 0.2) is 22.8 Å². The number of hydrogen-bond donors (Lipinski definition) is 1. The zero-order valence-electron chi connectivity index (χ0n) is 11.9. The molecule has 0 radical (unpaired) electrons. The lowest BCUT2D eigenvalue weighted by Gasteiger charge is -2.40. The second-order valence-corrected chi connectivity index (χ2v) is 6.13. The van der Waals surface area contributed by atoms with E-state index in [1.165, 1.54) is 6.42 Å². The maximum Gasteiger partial charge on any atom is 0.224 e. The van der Waals surface area contributed by atoms with Crippen LogP contribution in [0, 0.1) is 0 Å². The fourth-order valence-corrected chi connectivity index (χ4v) is 3.00. The predicted octanol–water partition coefficient (Wildman–Crippen LogP) is 1.20. The third-order valence-corrected chi connectivity index (χ3v) is 4.54. The normalized spacial score (nSPS) is 22.6. The zero-order valence-corrected chi connectivity index (χ0v) is 11.9. The molecule has 5 nitrogen and oxygen atoms in total. The molecule has 0 atom stereocenters. The summed E-state index contributed by atoms with van der Waals surface area (Å²) in [4.78, 5) is 16.5. The monoisotopic (exact) mass is 277 g/mol. The van der Waals surface area contributed by atoms with Crippen LogP contribution in [-0.4, -0.2) is 47.4 Å². The first-order valence-electron chi connectivity index (χ1n) is 7.46. The zero-order chi connectivity index (χ0) is 14.0. The predicted molar refractivity (Wildman–Crippen MR) is 76.0 cm³/mol. The van der Waals surface area contributed by atoms with E-state index in [1.807, 2.05) is 17.0 Å². The minimum Gasteiger partial charge on any atom is -0.468 e. The minimum absolute atomic E-state index is 0.206. The third-order valence-electron chi connectivity index (χ3n) is 4.54. The number of nitrogens with two attached hydrogens (primary N) is 1. The maximum atomic E-state index is 12.2. The Kier molecular flexibility index (Phi) is 3.81. The van der Waals surface area contributed by atoms with Gasteiger partial charge in [0.2, 0.25) is 5.91 Å². The van der Waals surface area contributed by atoms with Crippen LogP contribution >= 0.6 is 0 Å². The summed E-state index contributed by atoms with van der Waals surface area (Å²) in [6.07, 6.45) is 5.38. The fourth-order valence-electron chi connectivity index (χ4n) is 3.00. The van der Waals surface area contributed by atoms with Gasteiger partial charge in [0.05, 0.1) is 12.8 Å². The van der Waals surface area contributed by atoms with Crippen molar-refractivity contribution in [1.82, 2.24) is 9.80 Å². The lowest BCUT2D eigenvalue weighted by molar-refractivity contribution is -0.135. The molecule has 2 N–H and O–H groups in total. The quantitative estimate of drug-likeness (QED) is 0.898. The summed E-state index contributed by atoms with van der Waals surface area (Å²) < 4.78 is 5.36. The maximum absolute atomic E-state index is 12.2. The Hall–Kier alpha value is -1.33. The van der Waals surface area contributed by atoms with E-state index in [-0.39, 0.29) is 11.4 Å². The van der Waals surface area contributed by atoms with E-state index >= 15 is 0 Å². The fraction of sp³-hybridized carbons (Fsp3) is 0.667. The standard InChI is InChI=1S/C15H23N3O2/c16-15(4-2-5-15)11-14(19)18-8-6-17(7-9-18)12-13-3-1-10-20-13/h1,3,10H,2,4-9,11-12,16H2. The molecule has 2 aliphatic rings. The number of hydrogen-bond acceptors (Lipinski definition) is 4. The molecular formula is C15H23N3O2. The number of furan rings is 1. The van der Waals surface area contributed by atoms with E-state index in [1.54, 1.807) is 6.26 Å². The summed E-state index contributed by atoms with van der Waals surface area (Å²) in [6, 6.07) is 3.90. The Morgan fingerprint density at radius 1 is 1.30 bits per heavy atom. The Labute approximate surface area is 119 Å². The van der Waals surface area contributed by atoms with E-state index in [4.69, 9.17) is 10.2 Å². The summed E-state index contributed by atoms with van der Waals surface area (Å²) >= 11 is 0. The van der Waals surface area contributed by atoms with Crippen molar-refractivity contribution in [2.45, 2.75) is 37.8 Å². The number of rotatable bonds is 4. The molecule has 0 spiro atoms. The summed E-state index contributed by atoms with van der Waals surface area (Å²) in [6.45, 7) is 4.25. The molecule has 1 aromatic rings. The highest BCUT2D eigenvalue weighted by molar-refractivity contribution is 5.77. The highest BCUT2D eigenvalue weighted by atomic mass is 16.3. The van der Waals surface area contributed by atoms with Crippen molar-refractivity contribution >= 4 is 5.91 Å². The Morgan fingerprint density at radius 2 is 2.05 bits per heavy atom. The number of nitrogens with zero attached hydrogens (tertiary/aromatic N) is 2. The molecule has 1 aromatic heterocycles. The van der Waals surface area contributed by atoms with Crippen LogP contribution in [0.3, 0.4) is 0 Å². The van der Waals surface area contributed by atoms with E-state index < -0.39 is 0 Å². The van der Waals surface area contributed by atoms with Crippen molar-refractivity contribution in [3.05, 3.63) is 24.2 Å². The van der Waals surface area contributed by atoms with E-state index in [2.05, 4.69) is 4.90 Å². The van der Waals surface area contributed by atoms with Gasteiger partial charge in [-0.15, -0.1) is 0 Å². The second kappa shape index (κ2) is 5.58. The van der Waals surface area contributed by atoms with Crippen LogP contribution in [0.2, 0.25) is 0 Å². The third kappa shape index (κ3) is 3.04. The first-order chi connectivity index (χ1) is 9.65. The van der Waals surface area contributed by atoms with E-state index in [9.17, 15) is 4.79 Å². The lowest BCUT2D eigenvalue weighted by atomic mass is 9.75. The van der Waals surface area contributed by atoms with Crippen LogP contribution in [0.4, 0.5) is 0 Å². The Balaban J connectivity index is 1.44. The average molecular weight is 277 g/mol. The first kappa shape index (κ1) is 13.6. The van der Waals surface area contributed by atoms with Gasteiger partial charge in [-0.3, -0.25) is 9.69 Å². The molecule has 2 heterocycles. The van der Waals surface area contributed by atoms with Crippen LogP contribution in [0.25, 0.3) is 0 Å². The molecule has 3 rings (SSSR count). The molecule has 20 heavy (non-hydrogen) atoms. The molecule has 110 valence electrons. The molecule has 0 bridgehead atoms. The van der Waals surface area contributed by atoms with Crippen LogP contribution in [0.1, 0.15) is 31.4 Å². The van der Waals surface area contributed by atoms with Gasteiger partial charge in [0.1, 0.15) is 5.76 Å². The molecule has 1 saturated carbocycles. The molecule has 1 amide bonds. The van der Waals surface area contributed by atoms with Gasteiger partial charge < -0.3 is 15.1 Å². The molecule has 5 heteroatoms. The Morgan fingerprint density at radius 3 is 2.60 bits per heavy atom.